The molecule has 3 unspecified atom stereocenters. The van der Waals surface area contributed by atoms with Gasteiger partial charge in [0.25, 0.3) is 0 Å². The molecule has 2 rings (SSSR count). The molecular formula is C13H20NaO6S2-. The van der Waals surface area contributed by atoms with Gasteiger partial charge in [0, 0.05) is 17.4 Å². The second kappa shape index (κ2) is 11.0. The molecule has 1 aliphatic heterocycles. The first kappa shape index (κ1) is 20.4. The Morgan fingerprint density at radius 1 is 1.50 bits per heavy atom. The van der Waals surface area contributed by atoms with Gasteiger partial charge in [-0.3, -0.25) is 4.18 Å². The average molecular weight is 359 g/mol. The fourth-order valence-corrected chi connectivity index (χ4v) is 3.13. The van der Waals surface area contributed by atoms with E-state index in [0.29, 0.717) is 32.7 Å². The van der Waals surface area contributed by atoms with Crippen LogP contribution in [0.5, 0.6) is 11.5 Å². The van der Waals surface area contributed by atoms with Crippen molar-refractivity contribution in [2.75, 3.05) is 19.8 Å². The summed E-state index contributed by atoms with van der Waals surface area (Å²) in [7, 11) is 0. The Kier molecular flexibility index (Phi) is 10.2. The van der Waals surface area contributed by atoms with Gasteiger partial charge in [0.2, 0.25) is 0 Å². The fourth-order valence-electron chi connectivity index (χ4n) is 2.05. The molecule has 0 fully saturated rings. The van der Waals surface area contributed by atoms with E-state index in [1.807, 2.05) is 17.7 Å². The van der Waals surface area contributed by atoms with Crippen LogP contribution in [0.3, 0.4) is 0 Å². The molecule has 3 atom stereocenters. The molecule has 6 nitrogen and oxygen atoms in total. The van der Waals surface area contributed by atoms with Gasteiger partial charge >= 0.3 is 29.6 Å². The molecule has 0 radical (unpaired) electrons. The molecule has 122 valence electrons. The summed E-state index contributed by atoms with van der Waals surface area (Å²) in [6.07, 6.45) is 1.65. The van der Waals surface area contributed by atoms with Crippen LogP contribution in [0.1, 0.15) is 27.6 Å². The Morgan fingerprint density at radius 3 is 3.00 bits per heavy atom. The summed E-state index contributed by atoms with van der Waals surface area (Å²) in [5.74, 6) is 1.54. The maximum atomic E-state index is 10.6. The first-order chi connectivity index (χ1) is 10.2. The smallest absolute Gasteiger partial charge is 1.00 e. The van der Waals surface area contributed by atoms with Gasteiger partial charge < -0.3 is 20.2 Å². The quantitative estimate of drug-likeness (QED) is 0.333. The SMILES string of the molecule is CCCC(CCOCC1COc2cscc2O1)OS(=O)[O-].[H-].[Na+]. The van der Waals surface area contributed by atoms with Gasteiger partial charge in [0.05, 0.1) is 24.1 Å². The van der Waals surface area contributed by atoms with Gasteiger partial charge in [-0.1, -0.05) is 13.3 Å². The molecule has 1 aromatic rings. The Labute approximate surface area is 160 Å². The number of thiophene rings is 1. The molecule has 0 amide bonds. The zero-order chi connectivity index (χ0) is 15.1. The molecule has 9 heteroatoms. The van der Waals surface area contributed by atoms with Crippen molar-refractivity contribution in [1.82, 2.24) is 0 Å². The van der Waals surface area contributed by atoms with E-state index in [9.17, 15) is 8.76 Å². The van der Waals surface area contributed by atoms with Gasteiger partial charge in [0.15, 0.2) is 17.6 Å². The van der Waals surface area contributed by atoms with E-state index in [1.165, 1.54) is 11.3 Å². The van der Waals surface area contributed by atoms with Crippen molar-refractivity contribution >= 4 is 22.7 Å². The summed E-state index contributed by atoms with van der Waals surface area (Å²) in [6, 6.07) is 0. The van der Waals surface area contributed by atoms with Crippen LogP contribution in [0.15, 0.2) is 10.8 Å². The Bertz CT molecular complexity index is 461. The summed E-state index contributed by atoms with van der Waals surface area (Å²) in [4.78, 5) is 0. The molecule has 22 heavy (non-hydrogen) atoms. The minimum absolute atomic E-state index is 0. The van der Waals surface area contributed by atoms with Crippen molar-refractivity contribution in [2.24, 2.45) is 0 Å². The van der Waals surface area contributed by atoms with Crippen LogP contribution in [0.25, 0.3) is 0 Å². The van der Waals surface area contributed by atoms with Gasteiger partial charge in [0.1, 0.15) is 6.61 Å². The monoisotopic (exact) mass is 359 g/mol. The van der Waals surface area contributed by atoms with Crippen molar-refractivity contribution in [2.45, 2.75) is 38.4 Å². The van der Waals surface area contributed by atoms with E-state index >= 15 is 0 Å². The van der Waals surface area contributed by atoms with Crippen LogP contribution in [-0.2, 0) is 20.3 Å². The number of fused-ring (bicyclic) bond motifs is 1. The zero-order valence-electron chi connectivity index (χ0n) is 13.8. The minimum atomic E-state index is -2.48. The Hall–Kier alpha value is 0.330. The van der Waals surface area contributed by atoms with Gasteiger partial charge in [-0.15, -0.1) is 11.3 Å². The first-order valence-electron chi connectivity index (χ1n) is 6.88. The molecule has 1 aromatic heterocycles. The largest absolute Gasteiger partial charge is 1.00 e. The van der Waals surface area contributed by atoms with E-state index in [2.05, 4.69) is 0 Å². The van der Waals surface area contributed by atoms with Gasteiger partial charge in [-0.2, -0.15) is 0 Å². The molecule has 0 aromatic carbocycles. The number of hydrogen-bond acceptors (Lipinski definition) is 7. The number of ether oxygens (including phenoxy) is 3. The zero-order valence-corrected chi connectivity index (χ0v) is 16.5. The average Bonchev–Trinajstić information content (AvgIpc) is 2.90. The maximum absolute atomic E-state index is 10.6. The Morgan fingerprint density at radius 2 is 2.27 bits per heavy atom. The Balaban J connectivity index is 0.00000242. The van der Waals surface area contributed by atoms with Crippen molar-refractivity contribution in [3.8, 4) is 11.5 Å². The van der Waals surface area contributed by atoms with Crippen molar-refractivity contribution in [3.05, 3.63) is 10.8 Å². The maximum Gasteiger partial charge on any atom is 1.00 e. The third-order valence-electron chi connectivity index (χ3n) is 3.02. The van der Waals surface area contributed by atoms with Crippen LogP contribution in [-0.4, -0.2) is 40.8 Å². The molecule has 0 saturated heterocycles. The van der Waals surface area contributed by atoms with Crippen molar-refractivity contribution < 1.29 is 58.1 Å². The molecule has 0 aliphatic carbocycles. The van der Waals surface area contributed by atoms with Crippen LogP contribution in [0.4, 0.5) is 0 Å². The van der Waals surface area contributed by atoms with Crippen LogP contribution in [0, 0.1) is 0 Å². The van der Waals surface area contributed by atoms with Gasteiger partial charge in [-0.25, -0.2) is 4.21 Å². The third kappa shape index (κ3) is 6.84. The van der Waals surface area contributed by atoms with Crippen LogP contribution in [0.2, 0.25) is 0 Å². The van der Waals surface area contributed by atoms with E-state index in [4.69, 9.17) is 18.4 Å². The normalized spacial score (nSPS) is 19.3. The summed E-state index contributed by atoms with van der Waals surface area (Å²) in [5, 5.41) is 3.80. The van der Waals surface area contributed by atoms with E-state index in [1.54, 1.807) is 0 Å². The second-order valence-electron chi connectivity index (χ2n) is 4.73. The van der Waals surface area contributed by atoms with Crippen molar-refractivity contribution in [1.29, 1.82) is 0 Å². The van der Waals surface area contributed by atoms with Crippen LogP contribution < -0.4 is 39.0 Å². The van der Waals surface area contributed by atoms with Gasteiger partial charge in [-0.05, 0) is 12.8 Å². The number of rotatable bonds is 9. The predicted octanol–water partition coefficient (Wildman–Crippen LogP) is -0.609. The molecular weight excluding hydrogens is 339 g/mol. The summed E-state index contributed by atoms with van der Waals surface area (Å²) in [5.41, 5.74) is 0. The third-order valence-corrected chi connectivity index (χ3v) is 4.15. The van der Waals surface area contributed by atoms with E-state index in [0.717, 1.165) is 17.9 Å². The molecule has 0 saturated carbocycles. The molecule has 2 heterocycles. The standard InChI is InChI=1S/C13H20O6S2.Na.H/c1-2-3-10(19-21(14)15)4-5-16-6-11-7-17-12-8-20-9-13(12)18-11;;/h8-11H,2-7H2,1H3,(H,14,15);;/q;+1;-1/p-1. The van der Waals surface area contributed by atoms with E-state index in [-0.39, 0.29) is 43.2 Å². The van der Waals surface area contributed by atoms with Crippen LogP contribution >= 0.6 is 11.3 Å². The fraction of sp³-hybridized carbons (Fsp3) is 0.692. The summed E-state index contributed by atoms with van der Waals surface area (Å²) in [6.45, 7) is 3.28. The van der Waals surface area contributed by atoms with E-state index < -0.39 is 11.4 Å². The number of hydrogen-bond donors (Lipinski definition) is 0. The molecule has 0 N–H and O–H groups in total. The molecule has 0 bridgehead atoms. The second-order valence-corrected chi connectivity index (χ2v) is 6.07. The summed E-state index contributed by atoms with van der Waals surface area (Å²) < 4.78 is 42.7. The summed E-state index contributed by atoms with van der Waals surface area (Å²) >= 11 is -0.941. The molecule has 1 aliphatic rings. The van der Waals surface area contributed by atoms with Crippen molar-refractivity contribution in [3.63, 3.8) is 0 Å². The minimum Gasteiger partial charge on any atom is -1.00 e. The molecule has 0 spiro atoms. The topological polar surface area (TPSA) is 77.0 Å². The predicted molar refractivity (Wildman–Crippen MR) is 79.5 cm³/mol. The first-order valence-corrected chi connectivity index (χ1v) is 8.83.